The lowest BCUT2D eigenvalue weighted by Crippen LogP contribution is -2.11. The number of hydrogen-bond donors (Lipinski definition) is 1. The molecular weight excluding hydrogens is 342 g/mol. The van der Waals surface area contributed by atoms with Crippen LogP contribution in [0.25, 0.3) is 0 Å². The molecule has 6 heteroatoms. The molecule has 1 N–H and O–H groups in total. The molecule has 3 rings (SSSR count). The largest absolute Gasteiger partial charge is 0.489 e. The van der Waals surface area contributed by atoms with E-state index in [2.05, 4.69) is 4.72 Å². The van der Waals surface area contributed by atoms with Crippen molar-refractivity contribution in [1.29, 1.82) is 0 Å². The predicted molar refractivity (Wildman–Crippen MR) is 97.1 cm³/mol. The summed E-state index contributed by atoms with van der Waals surface area (Å²) in [5, 5.41) is 0. The second kappa shape index (κ2) is 7.07. The van der Waals surface area contributed by atoms with Crippen LogP contribution in [0.5, 0.6) is 5.75 Å². The van der Waals surface area contributed by atoms with Crippen LogP contribution in [-0.2, 0) is 16.6 Å². The summed E-state index contributed by atoms with van der Waals surface area (Å²) in [7, 11) is -3.53. The van der Waals surface area contributed by atoms with Crippen LogP contribution < -0.4 is 9.46 Å². The van der Waals surface area contributed by atoms with Crippen LogP contribution in [0.1, 0.15) is 10.4 Å². The number of anilines is 1. The highest BCUT2D eigenvalue weighted by molar-refractivity contribution is 7.94. The first kappa shape index (κ1) is 16.5. The SMILES string of the molecule is Cc1ccc(S(=O)(=O)Nc2ccc(OCc3ccccc3)cc2)s1. The van der Waals surface area contributed by atoms with Crippen LogP contribution >= 0.6 is 11.3 Å². The Balaban J connectivity index is 1.64. The van der Waals surface area contributed by atoms with Crippen molar-refractivity contribution < 1.29 is 13.2 Å². The van der Waals surface area contributed by atoms with E-state index in [1.807, 2.05) is 37.3 Å². The number of ether oxygens (including phenoxy) is 1. The standard InChI is InChI=1S/C18H17NO3S2/c1-14-7-12-18(23-14)24(20,21)19-16-8-10-17(11-9-16)22-13-15-5-3-2-4-6-15/h2-12,19H,13H2,1H3. The molecule has 0 bridgehead atoms. The third-order valence-electron chi connectivity index (χ3n) is 3.34. The Labute approximate surface area is 145 Å². The number of benzene rings is 2. The third kappa shape index (κ3) is 4.15. The van der Waals surface area contributed by atoms with Gasteiger partial charge in [0.1, 0.15) is 16.6 Å². The van der Waals surface area contributed by atoms with Crippen LogP contribution in [0.2, 0.25) is 0 Å². The van der Waals surface area contributed by atoms with Gasteiger partial charge in [-0.1, -0.05) is 30.3 Å². The molecule has 0 spiro atoms. The average Bonchev–Trinajstić information content (AvgIpc) is 3.02. The number of hydrogen-bond acceptors (Lipinski definition) is 4. The molecule has 0 atom stereocenters. The molecule has 0 aliphatic carbocycles. The topological polar surface area (TPSA) is 55.4 Å². The molecule has 0 aliphatic heterocycles. The van der Waals surface area contributed by atoms with Crippen molar-refractivity contribution >= 4 is 27.0 Å². The first-order valence-corrected chi connectivity index (χ1v) is 9.69. The van der Waals surface area contributed by atoms with Crippen molar-refractivity contribution in [2.75, 3.05) is 4.72 Å². The van der Waals surface area contributed by atoms with Crippen LogP contribution in [0.3, 0.4) is 0 Å². The van der Waals surface area contributed by atoms with Gasteiger partial charge in [0.2, 0.25) is 0 Å². The van der Waals surface area contributed by atoms with E-state index in [4.69, 9.17) is 4.74 Å². The highest BCUT2D eigenvalue weighted by Crippen LogP contribution is 2.24. The molecule has 0 amide bonds. The zero-order valence-electron chi connectivity index (χ0n) is 13.1. The molecule has 2 aromatic carbocycles. The van der Waals surface area contributed by atoms with E-state index >= 15 is 0 Å². The van der Waals surface area contributed by atoms with Crippen LogP contribution in [-0.4, -0.2) is 8.42 Å². The lowest BCUT2D eigenvalue weighted by Gasteiger charge is -2.09. The summed E-state index contributed by atoms with van der Waals surface area (Å²) in [6, 6.07) is 20.2. The summed E-state index contributed by atoms with van der Waals surface area (Å²) in [4.78, 5) is 0.958. The van der Waals surface area contributed by atoms with Crippen LogP contribution in [0, 0.1) is 6.92 Å². The predicted octanol–water partition coefficient (Wildman–Crippen LogP) is 4.44. The summed E-state index contributed by atoms with van der Waals surface area (Å²) < 4.78 is 33.1. The van der Waals surface area contributed by atoms with E-state index in [0.29, 0.717) is 22.3 Å². The quantitative estimate of drug-likeness (QED) is 0.708. The molecule has 0 saturated heterocycles. The maximum Gasteiger partial charge on any atom is 0.271 e. The summed E-state index contributed by atoms with van der Waals surface area (Å²) in [5.41, 5.74) is 1.59. The molecule has 1 heterocycles. The van der Waals surface area contributed by atoms with Gasteiger partial charge in [0.05, 0.1) is 0 Å². The number of nitrogens with one attached hydrogen (secondary N) is 1. The van der Waals surface area contributed by atoms with Crippen molar-refractivity contribution in [3.63, 3.8) is 0 Å². The molecule has 1 aromatic heterocycles. The summed E-state index contributed by atoms with van der Waals surface area (Å²) in [5.74, 6) is 0.689. The van der Waals surface area contributed by atoms with Crippen molar-refractivity contribution in [3.8, 4) is 5.75 Å². The van der Waals surface area contributed by atoms with Crippen molar-refractivity contribution in [1.82, 2.24) is 0 Å². The Morgan fingerprint density at radius 2 is 1.67 bits per heavy atom. The van der Waals surface area contributed by atoms with E-state index in [1.54, 1.807) is 36.4 Å². The molecule has 4 nitrogen and oxygen atoms in total. The number of thiophene rings is 1. The van der Waals surface area contributed by atoms with Crippen LogP contribution in [0.15, 0.2) is 70.9 Å². The summed E-state index contributed by atoms with van der Waals surface area (Å²) in [6.07, 6.45) is 0. The Kier molecular flexibility index (Phi) is 4.87. The lowest BCUT2D eigenvalue weighted by molar-refractivity contribution is 0.306. The zero-order valence-corrected chi connectivity index (χ0v) is 14.7. The average molecular weight is 359 g/mol. The van der Waals surface area contributed by atoms with E-state index in [9.17, 15) is 8.42 Å². The van der Waals surface area contributed by atoms with E-state index in [1.165, 1.54) is 11.3 Å². The highest BCUT2D eigenvalue weighted by atomic mass is 32.2. The molecule has 24 heavy (non-hydrogen) atoms. The maximum absolute atomic E-state index is 12.3. The van der Waals surface area contributed by atoms with Gasteiger partial charge in [-0.05, 0) is 48.9 Å². The number of sulfonamides is 1. The third-order valence-corrected chi connectivity index (χ3v) is 6.21. The van der Waals surface area contributed by atoms with Gasteiger partial charge in [0, 0.05) is 10.6 Å². The molecule has 3 aromatic rings. The van der Waals surface area contributed by atoms with Crippen molar-refractivity contribution in [2.45, 2.75) is 17.7 Å². The van der Waals surface area contributed by atoms with Gasteiger partial charge in [-0.2, -0.15) is 0 Å². The van der Waals surface area contributed by atoms with Crippen LogP contribution in [0.4, 0.5) is 5.69 Å². The Morgan fingerprint density at radius 1 is 0.958 bits per heavy atom. The number of rotatable bonds is 6. The monoisotopic (exact) mass is 359 g/mol. The Bertz CT molecular complexity index is 901. The minimum absolute atomic E-state index is 0.310. The lowest BCUT2D eigenvalue weighted by atomic mass is 10.2. The molecule has 0 saturated carbocycles. The second-order valence-electron chi connectivity index (χ2n) is 5.27. The molecule has 124 valence electrons. The smallest absolute Gasteiger partial charge is 0.271 e. The maximum atomic E-state index is 12.3. The van der Waals surface area contributed by atoms with E-state index < -0.39 is 10.0 Å². The normalized spacial score (nSPS) is 11.2. The minimum atomic E-state index is -3.53. The first-order valence-electron chi connectivity index (χ1n) is 7.39. The van der Waals surface area contributed by atoms with E-state index in [-0.39, 0.29) is 0 Å². The van der Waals surface area contributed by atoms with Gasteiger partial charge < -0.3 is 4.74 Å². The Morgan fingerprint density at radius 3 is 2.29 bits per heavy atom. The van der Waals surface area contributed by atoms with Crippen molar-refractivity contribution in [3.05, 3.63) is 77.2 Å². The molecule has 0 aliphatic rings. The minimum Gasteiger partial charge on any atom is -0.489 e. The van der Waals surface area contributed by atoms with Gasteiger partial charge in [0.15, 0.2) is 0 Å². The second-order valence-corrected chi connectivity index (χ2v) is 8.47. The fourth-order valence-electron chi connectivity index (χ4n) is 2.12. The van der Waals surface area contributed by atoms with Gasteiger partial charge in [-0.3, -0.25) is 4.72 Å². The summed E-state index contributed by atoms with van der Waals surface area (Å²) in [6.45, 7) is 2.35. The fraction of sp³-hybridized carbons (Fsp3) is 0.111. The van der Waals surface area contributed by atoms with E-state index in [0.717, 1.165) is 10.4 Å². The highest BCUT2D eigenvalue weighted by Gasteiger charge is 2.16. The fourth-order valence-corrected chi connectivity index (χ4v) is 4.46. The molecule has 0 radical (unpaired) electrons. The van der Waals surface area contributed by atoms with Gasteiger partial charge >= 0.3 is 0 Å². The molecule has 0 unspecified atom stereocenters. The zero-order chi connectivity index (χ0) is 17.0. The Hall–Kier alpha value is -2.31. The molecule has 0 fully saturated rings. The van der Waals surface area contributed by atoms with Crippen molar-refractivity contribution in [2.24, 2.45) is 0 Å². The first-order chi connectivity index (χ1) is 11.5. The molecular formula is C18H17NO3S2. The summed E-state index contributed by atoms with van der Waals surface area (Å²) >= 11 is 1.25. The van der Waals surface area contributed by atoms with Gasteiger partial charge in [0.25, 0.3) is 10.0 Å². The van der Waals surface area contributed by atoms with Gasteiger partial charge in [-0.25, -0.2) is 8.42 Å². The van der Waals surface area contributed by atoms with Gasteiger partial charge in [-0.15, -0.1) is 11.3 Å². The number of aryl methyl sites for hydroxylation is 1.